The number of fused-ring (bicyclic) bond motifs is 1. The van der Waals surface area contributed by atoms with E-state index in [0.717, 1.165) is 34.5 Å². The minimum absolute atomic E-state index is 0.174. The molecule has 1 unspecified atom stereocenters. The van der Waals surface area contributed by atoms with Crippen LogP contribution in [-0.2, 0) is 36.0 Å². The maximum absolute atomic E-state index is 12.4. The Labute approximate surface area is 201 Å². The molecule has 0 bridgehead atoms. The SMILES string of the molecule is Cn1cccc1CNC(=O)OCC1CCc2c(sc(NC(=O)C=Cc3cccnc3)c2C#N)C1. The number of alkyl carbamates (subject to hydrolysis) is 1. The van der Waals surface area contributed by atoms with Gasteiger partial charge in [0.1, 0.15) is 11.1 Å². The standard InChI is InChI=1S/C25H25N5O3S/c1-30-11-3-5-19(30)15-28-25(32)33-16-18-6-8-20-21(13-26)24(34-22(20)12-18)29-23(31)9-7-17-4-2-10-27-14-17/h2-5,7,9-11,14,18H,6,8,12,15-16H2,1H3,(H,28,32)(H,29,31). The Morgan fingerprint density at radius 2 is 2.26 bits per heavy atom. The van der Waals surface area contributed by atoms with Gasteiger partial charge in [-0.05, 0) is 60.6 Å². The fourth-order valence-corrected chi connectivity index (χ4v) is 5.21. The van der Waals surface area contributed by atoms with Gasteiger partial charge in [-0.2, -0.15) is 5.26 Å². The Morgan fingerprint density at radius 1 is 1.38 bits per heavy atom. The Morgan fingerprint density at radius 3 is 3.00 bits per heavy atom. The third kappa shape index (κ3) is 5.71. The number of ether oxygens (including phenoxy) is 1. The molecule has 0 saturated carbocycles. The molecule has 0 radical (unpaired) electrons. The molecule has 3 aromatic heterocycles. The van der Waals surface area contributed by atoms with E-state index in [2.05, 4.69) is 21.7 Å². The topological polar surface area (TPSA) is 109 Å². The molecule has 0 aliphatic heterocycles. The Kier molecular flexibility index (Phi) is 7.40. The normalized spacial score (nSPS) is 14.9. The van der Waals surface area contributed by atoms with Gasteiger partial charge in [0.25, 0.3) is 0 Å². The van der Waals surface area contributed by atoms with E-state index >= 15 is 0 Å². The van der Waals surface area contributed by atoms with Gasteiger partial charge in [-0.25, -0.2) is 4.79 Å². The van der Waals surface area contributed by atoms with E-state index in [1.54, 1.807) is 24.5 Å². The van der Waals surface area contributed by atoms with Crippen LogP contribution in [0.3, 0.4) is 0 Å². The largest absolute Gasteiger partial charge is 0.449 e. The van der Waals surface area contributed by atoms with Crippen LogP contribution in [0.15, 0.2) is 48.9 Å². The van der Waals surface area contributed by atoms with Crippen LogP contribution < -0.4 is 10.6 Å². The number of hydrogen-bond donors (Lipinski definition) is 2. The number of carbonyl (C=O) groups excluding carboxylic acids is 2. The fourth-order valence-electron chi connectivity index (χ4n) is 3.89. The first-order valence-electron chi connectivity index (χ1n) is 11.0. The van der Waals surface area contributed by atoms with Crippen molar-refractivity contribution in [3.05, 3.63) is 76.2 Å². The molecule has 8 nitrogen and oxygen atoms in total. The van der Waals surface area contributed by atoms with Gasteiger partial charge in [-0.3, -0.25) is 9.78 Å². The monoisotopic (exact) mass is 475 g/mol. The van der Waals surface area contributed by atoms with Gasteiger partial charge in [0, 0.05) is 42.3 Å². The highest BCUT2D eigenvalue weighted by Crippen LogP contribution is 2.39. The highest BCUT2D eigenvalue weighted by molar-refractivity contribution is 7.16. The van der Waals surface area contributed by atoms with Gasteiger partial charge in [0.15, 0.2) is 0 Å². The summed E-state index contributed by atoms with van der Waals surface area (Å²) < 4.78 is 7.37. The van der Waals surface area contributed by atoms with Crippen LogP contribution in [0.5, 0.6) is 0 Å². The lowest BCUT2D eigenvalue weighted by atomic mass is 9.88. The van der Waals surface area contributed by atoms with Crippen molar-refractivity contribution in [3.63, 3.8) is 0 Å². The number of thiophene rings is 1. The number of nitrogens with one attached hydrogen (secondary N) is 2. The highest BCUT2D eigenvalue weighted by Gasteiger charge is 2.27. The first-order valence-corrected chi connectivity index (χ1v) is 11.8. The predicted molar refractivity (Wildman–Crippen MR) is 130 cm³/mol. The predicted octanol–water partition coefficient (Wildman–Crippen LogP) is 4.04. The average molecular weight is 476 g/mol. The van der Waals surface area contributed by atoms with Gasteiger partial charge < -0.3 is 19.9 Å². The van der Waals surface area contributed by atoms with Crippen molar-refractivity contribution in [3.8, 4) is 6.07 Å². The maximum Gasteiger partial charge on any atom is 0.407 e. The summed E-state index contributed by atoms with van der Waals surface area (Å²) in [6, 6.07) is 9.76. The van der Waals surface area contributed by atoms with Crippen LogP contribution in [-0.4, -0.2) is 28.2 Å². The van der Waals surface area contributed by atoms with Crippen LogP contribution in [0.1, 0.15) is 33.7 Å². The Bertz CT molecular complexity index is 1240. The van der Waals surface area contributed by atoms with Gasteiger partial charge in [-0.15, -0.1) is 11.3 Å². The van der Waals surface area contributed by atoms with Gasteiger partial charge >= 0.3 is 6.09 Å². The van der Waals surface area contributed by atoms with Gasteiger partial charge in [0.2, 0.25) is 5.91 Å². The number of aryl methyl sites for hydroxylation is 1. The summed E-state index contributed by atoms with van der Waals surface area (Å²) in [6.45, 7) is 0.722. The van der Waals surface area contributed by atoms with E-state index in [1.165, 1.54) is 17.4 Å². The van der Waals surface area contributed by atoms with Crippen LogP contribution in [0.2, 0.25) is 0 Å². The quantitative estimate of drug-likeness (QED) is 0.502. The lowest BCUT2D eigenvalue weighted by Gasteiger charge is -2.21. The highest BCUT2D eigenvalue weighted by atomic mass is 32.1. The van der Waals surface area contributed by atoms with Crippen molar-refractivity contribution in [2.24, 2.45) is 13.0 Å². The smallest absolute Gasteiger partial charge is 0.407 e. The van der Waals surface area contributed by atoms with Crippen LogP contribution in [0.4, 0.5) is 9.80 Å². The number of rotatable bonds is 7. The summed E-state index contributed by atoms with van der Waals surface area (Å²) in [5.74, 6) is -0.124. The summed E-state index contributed by atoms with van der Waals surface area (Å²) in [7, 11) is 1.92. The summed E-state index contributed by atoms with van der Waals surface area (Å²) in [5.41, 5.74) is 3.33. The zero-order valence-corrected chi connectivity index (χ0v) is 19.6. The molecule has 34 heavy (non-hydrogen) atoms. The van der Waals surface area contributed by atoms with Crippen molar-refractivity contribution in [2.45, 2.75) is 25.8 Å². The van der Waals surface area contributed by atoms with Crippen molar-refractivity contribution < 1.29 is 14.3 Å². The number of anilines is 1. The molecular formula is C25H25N5O3S. The first kappa shape index (κ1) is 23.3. The molecule has 174 valence electrons. The molecule has 4 rings (SSSR count). The number of nitrogens with zero attached hydrogens (tertiary/aromatic N) is 3. The number of amides is 2. The number of hydrogen-bond acceptors (Lipinski definition) is 6. The molecule has 1 aliphatic rings. The molecule has 2 amide bonds. The molecule has 0 aromatic carbocycles. The summed E-state index contributed by atoms with van der Waals surface area (Å²) >= 11 is 1.43. The minimum atomic E-state index is -0.441. The second kappa shape index (κ2) is 10.8. The second-order valence-corrected chi connectivity index (χ2v) is 9.21. The fraction of sp³-hybridized carbons (Fsp3) is 0.280. The molecule has 3 heterocycles. The summed E-state index contributed by atoms with van der Waals surface area (Å²) in [5, 5.41) is 15.9. The lowest BCUT2D eigenvalue weighted by molar-refractivity contribution is -0.111. The van der Waals surface area contributed by atoms with Crippen molar-refractivity contribution in [2.75, 3.05) is 11.9 Å². The Balaban J connectivity index is 1.31. The van der Waals surface area contributed by atoms with E-state index < -0.39 is 6.09 Å². The lowest BCUT2D eigenvalue weighted by Crippen LogP contribution is -2.28. The number of pyridine rings is 1. The van der Waals surface area contributed by atoms with E-state index in [1.807, 2.05) is 36.0 Å². The molecule has 3 aromatic rings. The zero-order chi connectivity index (χ0) is 23.9. The second-order valence-electron chi connectivity index (χ2n) is 8.10. The minimum Gasteiger partial charge on any atom is -0.449 e. The zero-order valence-electron chi connectivity index (χ0n) is 18.8. The number of nitriles is 1. The molecular weight excluding hydrogens is 450 g/mol. The van der Waals surface area contributed by atoms with Crippen LogP contribution in [0, 0.1) is 17.2 Å². The van der Waals surface area contributed by atoms with Gasteiger partial charge in [0.05, 0.1) is 18.7 Å². The first-order chi connectivity index (χ1) is 16.5. The van der Waals surface area contributed by atoms with E-state index in [0.29, 0.717) is 30.1 Å². The maximum atomic E-state index is 12.4. The molecule has 0 fully saturated rings. The van der Waals surface area contributed by atoms with Crippen molar-refractivity contribution >= 4 is 34.4 Å². The third-order valence-corrected chi connectivity index (χ3v) is 6.91. The Hall–Kier alpha value is -3.90. The van der Waals surface area contributed by atoms with Crippen LogP contribution in [0.25, 0.3) is 6.08 Å². The number of carbonyl (C=O) groups is 2. The molecule has 1 atom stereocenters. The average Bonchev–Trinajstić information content (AvgIpc) is 3.42. The molecule has 1 aliphatic carbocycles. The third-order valence-electron chi connectivity index (χ3n) is 5.74. The number of aromatic nitrogens is 2. The van der Waals surface area contributed by atoms with Crippen molar-refractivity contribution in [1.82, 2.24) is 14.9 Å². The van der Waals surface area contributed by atoms with E-state index in [4.69, 9.17) is 4.74 Å². The summed E-state index contributed by atoms with van der Waals surface area (Å²) in [4.78, 5) is 29.6. The van der Waals surface area contributed by atoms with Crippen LogP contribution >= 0.6 is 11.3 Å². The summed E-state index contributed by atoms with van der Waals surface area (Å²) in [6.07, 6.45) is 10.2. The molecule has 2 N–H and O–H groups in total. The molecule has 9 heteroatoms. The van der Waals surface area contributed by atoms with E-state index in [-0.39, 0.29) is 11.8 Å². The molecule has 0 saturated heterocycles. The van der Waals surface area contributed by atoms with Crippen molar-refractivity contribution in [1.29, 1.82) is 5.26 Å². The van der Waals surface area contributed by atoms with Gasteiger partial charge in [-0.1, -0.05) is 6.07 Å². The van der Waals surface area contributed by atoms with E-state index in [9.17, 15) is 14.9 Å². The molecule has 0 spiro atoms.